The van der Waals surface area contributed by atoms with Gasteiger partial charge in [0.2, 0.25) is 5.91 Å². The molecule has 1 unspecified atom stereocenters. The Morgan fingerprint density at radius 3 is 2.91 bits per heavy atom. The molecule has 2 N–H and O–H groups in total. The van der Waals surface area contributed by atoms with Gasteiger partial charge in [0.25, 0.3) is 5.91 Å². The van der Waals surface area contributed by atoms with E-state index in [0.29, 0.717) is 35.9 Å². The average Bonchev–Trinajstić information content (AvgIpc) is 3.33. The molecule has 8 nitrogen and oxygen atoms in total. The van der Waals surface area contributed by atoms with Crippen molar-refractivity contribution < 1.29 is 19.1 Å². The molecule has 8 heteroatoms. The molecule has 1 aromatic heterocycles. The summed E-state index contributed by atoms with van der Waals surface area (Å²) >= 11 is 0. The maximum Gasteiger partial charge on any atom is 0.257 e. The first-order valence-corrected chi connectivity index (χ1v) is 11.3. The molecule has 1 saturated heterocycles. The number of ether oxygens (including phenoxy) is 2. The van der Waals surface area contributed by atoms with Crippen molar-refractivity contribution in [2.24, 2.45) is 0 Å². The van der Waals surface area contributed by atoms with Crippen molar-refractivity contribution in [3.63, 3.8) is 0 Å². The summed E-state index contributed by atoms with van der Waals surface area (Å²) in [5, 5.41) is 5.91. The second-order valence-corrected chi connectivity index (χ2v) is 8.12. The molecular formula is C24H30N4O4. The van der Waals surface area contributed by atoms with E-state index in [1.54, 1.807) is 11.0 Å². The first-order valence-electron chi connectivity index (χ1n) is 11.3. The molecule has 2 amide bonds. The van der Waals surface area contributed by atoms with Gasteiger partial charge in [0.05, 0.1) is 37.1 Å². The van der Waals surface area contributed by atoms with Crippen LogP contribution in [0.4, 0.5) is 17.2 Å². The van der Waals surface area contributed by atoms with Gasteiger partial charge in [-0.05, 0) is 49.6 Å². The summed E-state index contributed by atoms with van der Waals surface area (Å²) in [6.45, 7) is 4.23. The summed E-state index contributed by atoms with van der Waals surface area (Å²) in [4.78, 5) is 31.4. The number of fused-ring (bicyclic) bond motifs is 1. The van der Waals surface area contributed by atoms with Crippen molar-refractivity contribution in [2.75, 3.05) is 41.8 Å². The zero-order chi connectivity index (χ0) is 22.3. The van der Waals surface area contributed by atoms with E-state index in [-0.39, 0.29) is 24.5 Å². The van der Waals surface area contributed by atoms with E-state index < -0.39 is 0 Å². The number of aromatic nitrogens is 1. The van der Waals surface area contributed by atoms with Crippen LogP contribution < -0.4 is 20.3 Å². The van der Waals surface area contributed by atoms with E-state index >= 15 is 0 Å². The molecule has 2 aliphatic rings. The minimum Gasteiger partial charge on any atom is -0.494 e. The van der Waals surface area contributed by atoms with Crippen molar-refractivity contribution in [1.82, 2.24) is 4.98 Å². The van der Waals surface area contributed by atoms with Crippen molar-refractivity contribution in [3.05, 3.63) is 42.1 Å². The van der Waals surface area contributed by atoms with Gasteiger partial charge in [0.1, 0.15) is 11.6 Å². The summed E-state index contributed by atoms with van der Waals surface area (Å²) < 4.78 is 11.4. The molecule has 0 aliphatic carbocycles. The Hall–Kier alpha value is -3.13. The summed E-state index contributed by atoms with van der Waals surface area (Å²) in [5.41, 5.74) is 1.66. The number of nitrogens with zero attached hydrogens (tertiary/aromatic N) is 2. The highest BCUT2D eigenvalue weighted by Gasteiger charge is 2.29. The first-order chi connectivity index (χ1) is 15.6. The standard InChI is InChI=1S/C24H30N4O4/c1-2-3-4-11-31-19-9-7-18(8-10-19)27-24(30)17-13-21-23(25-14-17)26-15-22(29)28(21)16-20-6-5-12-32-20/h7-10,13-14,20H,2-6,11-12,15-16H2,1H3,(H,25,26)(H,27,30). The minimum atomic E-state index is -0.285. The van der Waals surface area contributed by atoms with Gasteiger partial charge in [-0.2, -0.15) is 0 Å². The molecule has 0 radical (unpaired) electrons. The first kappa shape index (κ1) is 22.1. The van der Waals surface area contributed by atoms with Crippen molar-refractivity contribution in [1.29, 1.82) is 0 Å². The van der Waals surface area contributed by atoms with Crippen LogP contribution in [0.2, 0.25) is 0 Å². The van der Waals surface area contributed by atoms with Crippen LogP contribution in [0.15, 0.2) is 36.5 Å². The van der Waals surface area contributed by atoms with Gasteiger partial charge < -0.3 is 25.0 Å². The number of hydrogen-bond donors (Lipinski definition) is 2. The Kier molecular flexibility index (Phi) is 7.21. The third-order valence-electron chi connectivity index (χ3n) is 5.67. The number of pyridine rings is 1. The van der Waals surface area contributed by atoms with Gasteiger partial charge in [0.15, 0.2) is 0 Å². The number of nitrogens with one attached hydrogen (secondary N) is 2. The van der Waals surface area contributed by atoms with Crippen LogP contribution in [0.3, 0.4) is 0 Å². The van der Waals surface area contributed by atoms with Crippen molar-refractivity contribution in [2.45, 2.75) is 45.1 Å². The van der Waals surface area contributed by atoms with E-state index in [9.17, 15) is 9.59 Å². The number of benzene rings is 1. The minimum absolute atomic E-state index is 0.0186. The SMILES string of the molecule is CCCCCOc1ccc(NC(=O)c2cnc3c(c2)N(CC2CCCO2)C(=O)CN3)cc1. The molecule has 0 bridgehead atoms. The third kappa shape index (κ3) is 5.37. The molecule has 3 heterocycles. The summed E-state index contributed by atoms with van der Waals surface area (Å²) in [7, 11) is 0. The molecule has 0 saturated carbocycles. The lowest BCUT2D eigenvalue weighted by Crippen LogP contribution is -2.44. The Morgan fingerprint density at radius 1 is 1.31 bits per heavy atom. The number of hydrogen-bond acceptors (Lipinski definition) is 6. The Labute approximate surface area is 188 Å². The van der Waals surface area contributed by atoms with Gasteiger partial charge >= 0.3 is 0 Å². The van der Waals surface area contributed by atoms with Crippen molar-refractivity contribution in [3.8, 4) is 5.75 Å². The highest BCUT2D eigenvalue weighted by molar-refractivity contribution is 6.07. The van der Waals surface area contributed by atoms with Crippen LogP contribution in [0.5, 0.6) is 5.75 Å². The second-order valence-electron chi connectivity index (χ2n) is 8.12. The van der Waals surface area contributed by atoms with E-state index in [1.807, 2.05) is 24.3 Å². The number of carbonyl (C=O) groups is 2. The Balaban J connectivity index is 1.42. The second kappa shape index (κ2) is 10.5. The predicted molar refractivity (Wildman–Crippen MR) is 123 cm³/mol. The van der Waals surface area contributed by atoms with Crippen molar-refractivity contribution >= 4 is 29.0 Å². The monoisotopic (exact) mass is 438 g/mol. The Bertz CT molecular complexity index is 942. The van der Waals surface area contributed by atoms with E-state index in [0.717, 1.165) is 44.5 Å². The highest BCUT2D eigenvalue weighted by Crippen LogP contribution is 2.30. The molecule has 2 aliphatic heterocycles. The van der Waals surface area contributed by atoms with Gasteiger partial charge in [-0.15, -0.1) is 0 Å². The molecule has 4 rings (SSSR count). The zero-order valence-corrected chi connectivity index (χ0v) is 18.4. The van der Waals surface area contributed by atoms with Gasteiger partial charge in [0, 0.05) is 18.5 Å². The highest BCUT2D eigenvalue weighted by atomic mass is 16.5. The lowest BCUT2D eigenvalue weighted by molar-refractivity contribution is -0.117. The van der Waals surface area contributed by atoms with Crippen LogP contribution >= 0.6 is 0 Å². The third-order valence-corrected chi connectivity index (χ3v) is 5.67. The van der Waals surface area contributed by atoms with Crippen LogP contribution in [-0.2, 0) is 9.53 Å². The number of amides is 2. The summed E-state index contributed by atoms with van der Waals surface area (Å²) in [6.07, 6.45) is 6.80. The molecular weight excluding hydrogens is 408 g/mol. The lowest BCUT2D eigenvalue weighted by Gasteiger charge is -2.31. The number of anilines is 3. The molecule has 1 atom stereocenters. The maximum atomic E-state index is 12.8. The summed E-state index contributed by atoms with van der Waals surface area (Å²) in [5.74, 6) is 1.04. The van der Waals surface area contributed by atoms with Crippen LogP contribution in [0.25, 0.3) is 0 Å². The normalized spacial score (nSPS) is 17.6. The van der Waals surface area contributed by atoms with Gasteiger partial charge in [-0.1, -0.05) is 19.8 Å². The Morgan fingerprint density at radius 2 is 2.16 bits per heavy atom. The van der Waals surface area contributed by atoms with E-state index in [1.165, 1.54) is 6.20 Å². The average molecular weight is 439 g/mol. The lowest BCUT2D eigenvalue weighted by atomic mass is 10.1. The predicted octanol–water partition coefficient (Wildman–Crippen LogP) is 3.84. The van der Waals surface area contributed by atoms with Gasteiger partial charge in [-0.3, -0.25) is 9.59 Å². The van der Waals surface area contributed by atoms with E-state index in [4.69, 9.17) is 9.47 Å². The van der Waals surface area contributed by atoms with Gasteiger partial charge in [-0.25, -0.2) is 4.98 Å². The van der Waals surface area contributed by atoms with Crippen LogP contribution in [0, 0.1) is 0 Å². The fourth-order valence-corrected chi connectivity index (χ4v) is 3.88. The number of carbonyl (C=O) groups excluding carboxylic acids is 2. The summed E-state index contributed by atoms with van der Waals surface area (Å²) in [6, 6.07) is 9.03. The van der Waals surface area contributed by atoms with E-state index in [2.05, 4.69) is 22.5 Å². The molecule has 2 aromatic rings. The fourth-order valence-electron chi connectivity index (χ4n) is 3.88. The number of rotatable bonds is 9. The van der Waals surface area contributed by atoms with Crippen LogP contribution in [0.1, 0.15) is 49.4 Å². The maximum absolute atomic E-state index is 12.8. The smallest absolute Gasteiger partial charge is 0.257 e. The number of unbranched alkanes of at least 4 members (excludes halogenated alkanes) is 2. The molecule has 1 aromatic carbocycles. The molecule has 32 heavy (non-hydrogen) atoms. The molecule has 1 fully saturated rings. The zero-order valence-electron chi connectivity index (χ0n) is 18.4. The largest absolute Gasteiger partial charge is 0.494 e. The molecule has 0 spiro atoms. The van der Waals surface area contributed by atoms with Crippen LogP contribution in [-0.4, -0.2) is 49.2 Å². The quantitative estimate of drug-likeness (QED) is 0.578. The molecule has 170 valence electrons. The fraction of sp³-hybridized carbons (Fsp3) is 0.458. The topological polar surface area (TPSA) is 92.8 Å².